The van der Waals surface area contributed by atoms with E-state index in [4.69, 9.17) is 14.5 Å². The summed E-state index contributed by atoms with van der Waals surface area (Å²) in [7, 11) is 0. The fraction of sp³-hybridized carbons (Fsp3) is 0.435. The van der Waals surface area contributed by atoms with E-state index in [2.05, 4.69) is 39.8 Å². The van der Waals surface area contributed by atoms with Crippen LogP contribution in [0.5, 0.6) is 5.75 Å². The van der Waals surface area contributed by atoms with Gasteiger partial charge in [-0.05, 0) is 30.2 Å². The van der Waals surface area contributed by atoms with Gasteiger partial charge in [-0.25, -0.2) is 9.38 Å². The van der Waals surface area contributed by atoms with E-state index < -0.39 is 0 Å². The Morgan fingerprint density at radius 3 is 2.67 bits per heavy atom. The second-order valence-corrected chi connectivity index (χ2v) is 7.09. The highest BCUT2D eigenvalue weighted by Crippen LogP contribution is 2.14. The van der Waals surface area contributed by atoms with Crippen LogP contribution in [0.4, 0.5) is 4.39 Å². The third-order valence-corrected chi connectivity index (χ3v) is 4.83. The molecule has 7 heteroatoms. The molecule has 3 rings (SSSR count). The molecule has 162 valence electrons. The minimum Gasteiger partial charge on any atom is -0.492 e. The number of guanidine groups is 1. The third-order valence-electron chi connectivity index (χ3n) is 4.83. The number of aliphatic imine (C=N–C) groups is 1. The molecular weight excluding hydrogens is 383 g/mol. The molecular formula is C23H31FN4O2. The standard InChI is InChI=1S/C23H31FN4O2/c1-2-25-23(26-10-13-30-22-9-5-8-21(24)16-22)27-17-19-6-3-4-7-20(19)18-28-11-14-29-15-12-28/h3-9,16H,2,10-15,17-18H2,1H3,(H2,25,26,27). The van der Waals surface area contributed by atoms with Gasteiger partial charge in [0.15, 0.2) is 5.96 Å². The summed E-state index contributed by atoms with van der Waals surface area (Å²) in [6, 6.07) is 14.6. The maximum absolute atomic E-state index is 13.2. The van der Waals surface area contributed by atoms with E-state index in [-0.39, 0.29) is 5.82 Å². The Hall–Kier alpha value is -2.64. The number of nitrogens with zero attached hydrogens (tertiary/aromatic N) is 2. The van der Waals surface area contributed by atoms with E-state index in [1.807, 2.05) is 6.92 Å². The zero-order chi connectivity index (χ0) is 21.0. The summed E-state index contributed by atoms with van der Waals surface area (Å²) in [5.41, 5.74) is 2.52. The number of ether oxygens (including phenoxy) is 2. The zero-order valence-corrected chi connectivity index (χ0v) is 17.6. The van der Waals surface area contributed by atoms with Crippen molar-refractivity contribution in [1.82, 2.24) is 15.5 Å². The molecule has 1 aliphatic rings. The molecule has 0 atom stereocenters. The average Bonchev–Trinajstić information content (AvgIpc) is 2.76. The van der Waals surface area contributed by atoms with Crippen LogP contribution in [0, 0.1) is 5.82 Å². The Balaban J connectivity index is 1.52. The minimum atomic E-state index is -0.300. The number of nitrogens with one attached hydrogen (secondary N) is 2. The van der Waals surface area contributed by atoms with E-state index in [9.17, 15) is 4.39 Å². The minimum absolute atomic E-state index is 0.300. The van der Waals surface area contributed by atoms with Crippen molar-refractivity contribution in [3.8, 4) is 5.75 Å². The van der Waals surface area contributed by atoms with Gasteiger partial charge in [-0.2, -0.15) is 0 Å². The van der Waals surface area contributed by atoms with Crippen molar-refractivity contribution in [3.05, 3.63) is 65.5 Å². The summed E-state index contributed by atoms with van der Waals surface area (Å²) in [6.45, 7) is 8.83. The second kappa shape index (κ2) is 12.1. The summed E-state index contributed by atoms with van der Waals surface area (Å²) < 4.78 is 24.2. The molecule has 2 aromatic rings. The van der Waals surface area contributed by atoms with E-state index in [1.165, 1.54) is 23.3 Å². The van der Waals surface area contributed by atoms with Crippen LogP contribution in [0.2, 0.25) is 0 Å². The van der Waals surface area contributed by atoms with Gasteiger partial charge in [-0.1, -0.05) is 30.3 Å². The summed E-state index contributed by atoms with van der Waals surface area (Å²) in [5, 5.41) is 6.53. The Bertz CT molecular complexity index is 809. The maximum atomic E-state index is 13.2. The lowest BCUT2D eigenvalue weighted by molar-refractivity contribution is 0.0341. The molecule has 1 fully saturated rings. The highest BCUT2D eigenvalue weighted by Gasteiger charge is 2.12. The van der Waals surface area contributed by atoms with Gasteiger partial charge in [0.25, 0.3) is 0 Å². The predicted octanol–water partition coefficient (Wildman–Crippen LogP) is 2.79. The number of halogens is 1. The van der Waals surface area contributed by atoms with Gasteiger partial charge in [0.2, 0.25) is 0 Å². The van der Waals surface area contributed by atoms with Crippen molar-refractivity contribution in [2.75, 3.05) is 46.0 Å². The Kier molecular flexibility index (Phi) is 8.93. The molecule has 0 bridgehead atoms. The van der Waals surface area contributed by atoms with Crippen molar-refractivity contribution >= 4 is 5.96 Å². The van der Waals surface area contributed by atoms with Gasteiger partial charge in [0, 0.05) is 32.2 Å². The number of hydrogen-bond acceptors (Lipinski definition) is 4. The van der Waals surface area contributed by atoms with E-state index in [0.717, 1.165) is 45.4 Å². The van der Waals surface area contributed by atoms with Crippen LogP contribution >= 0.6 is 0 Å². The van der Waals surface area contributed by atoms with Crippen molar-refractivity contribution in [2.45, 2.75) is 20.0 Å². The molecule has 0 spiro atoms. The summed E-state index contributed by atoms with van der Waals surface area (Å²) in [6.07, 6.45) is 0. The molecule has 0 aromatic heterocycles. The van der Waals surface area contributed by atoms with Crippen LogP contribution in [0.15, 0.2) is 53.5 Å². The fourth-order valence-corrected chi connectivity index (χ4v) is 3.27. The van der Waals surface area contributed by atoms with Crippen molar-refractivity contribution < 1.29 is 13.9 Å². The molecule has 0 aliphatic carbocycles. The van der Waals surface area contributed by atoms with Crippen LogP contribution in [0.1, 0.15) is 18.1 Å². The van der Waals surface area contributed by atoms with Gasteiger partial charge < -0.3 is 20.1 Å². The van der Waals surface area contributed by atoms with Crippen LogP contribution in [0.25, 0.3) is 0 Å². The van der Waals surface area contributed by atoms with Crippen LogP contribution in [-0.4, -0.2) is 56.9 Å². The van der Waals surface area contributed by atoms with Gasteiger partial charge in [-0.3, -0.25) is 4.90 Å². The Morgan fingerprint density at radius 1 is 1.10 bits per heavy atom. The first kappa shape index (κ1) is 22.1. The lowest BCUT2D eigenvalue weighted by atomic mass is 10.1. The first-order valence-electron chi connectivity index (χ1n) is 10.5. The van der Waals surface area contributed by atoms with Gasteiger partial charge in [0.05, 0.1) is 26.3 Å². The normalized spacial score (nSPS) is 15.1. The Morgan fingerprint density at radius 2 is 1.90 bits per heavy atom. The van der Waals surface area contributed by atoms with Gasteiger partial charge in [0.1, 0.15) is 18.2 Å². The Labute approximate surface area is 178 Å². The topological polar surface area (TPSA) is 58.1 Å². The summed E-state index contributed by atoms with van der Waals surface area (Å²) in [5.74, 6) is 0.961. The van der Waals surface area contributed by atoms with E-state index >= 15 is 0 Å². The lowest BCUT2D eigenvalue weighted by Crippen LogP contribution is -2.39. The number of morpholine rings is 1. The monoisotopic (exact) mass is 414 g/mol. The smallest absolute Gasteiger partial charge is 0.191 e. The fourth-order valence-electron chi connectivity index (χ4n) is 3.27. The SMILES string of the molecule is CCNC(=NCc1ccccc1CN1CCOCC1)NCCOc1cccc(F)c1. The second-order valence-electron chi connectivity index (χ2n) is 7.09. The van der Waals surface area contributed by atoms with E-state index in [0.29, 0.717) is 25.4 Å². The molecule has 0 saturated carbocycles. The molecule has 1 saturated heterocycles. The quantitative estimate of drug-likeness (QED) is 0.375. The van der Waals surface area contributed by atoms with Gasteiger partial charge >= 0.3 is 0 Å². The number of hydrogen-bond donors (Lipinski definition) is 2. The van der Waals surface area contributed by atoms with Crippen LogP contribution < -0.4 is 15.4 Å². The van der Waals surface area contributed by atoms with Gasteiger partial charge in [-0.15, -0.1) is 0 Å². The first-order chi connectivity index (χ1) is 14.7. The summed E-state index contributed by atoms with van der Waals surface area (Å²) in [4.78, 5) is 7.15. The van der Waals surface area contributed by atoms with E-state index in [1.54, 1.807) is 12.1 Å². The third kappa shape index (κ3) is 7.31. The largest absolute Gasteiger partial charge is 0.492 e. The molecule has 2 aromatic carbocycles. The van der Waals surface area contributed by atoms with Crippen LogP contribution in [0.3, 0.4) is 0 Å². The molecule has 1 aliphatic heterocycles. The molecule has 0 unspecified atom stereocenters. The predicted molar refractivity (Wildman–Crippen MR) is 117 cm³/mol. The van der Waals surface area contributed by atoms with Crippen molar-refractivity contribution in [1.29, 1.82) is 0 Å². The molecule has 2 N–H and O–H groups in total. The highest BCUT2D eigenvalue weighted by molar-refractivity contribution is 5.79. The van der Waals surface area contributed by atoms with Crippen molar-refractivity contribution in [3.63, 3.8) is 0 Å². The molecule has 30 heavy (non-hydrogen) atoms. The number of benzene rings is 2. The lowest BCUT2D eigenvalue weighted by Gasteiger charge is -2.27. The van der Waals surface area contributed by atoms with Crippen molar-refractivity contribution in [2.24, 2.45) is 4.99 Å². The highest BCUT2D eigenvalue weighted by atomic mass is 19.1. The maximum Gasteiger partial charge on any atom is 0.191 e. The molecule has 0 amide bonds. The first-order valence-corrected chi connectivity index (χ1v) is 10.5. The molecule has 6 nitrogen and oxygen atoms in total. The molecule has 0 radical (unpaired) electrons. The average molecular weight is 415 g/mol. The van der Waals surface area contributed by atoms with Crippen LogP contribution in [-0.2, 0) is 17.8 Å². The zero-order valence-electron chi connectivity index (χ0n) is 17.6. The number of rotatable bonds is 9. The molecule has 1 heterocycles. The summed E-state index contributed by atoms with van der Waals surface area (Å²) >= 11 is 0.